The van der Waals surface area contributed by atoms with Gasteiger partial charge >= 0.3 is 17.8 Å². The number of hydrogen-bond acceptors (Lipinski definition) is 7. The van der Waals surface area contributed by atoms with Gasteiger partial charge in [0.1, 0.15) is 18.2 Å². The van der Waals surface area contributed by atoms with Crippen LogP contribution in [0, 0.1) is 12.7 Å². The molecule has 0 unspecified atom stereocenters. The van der Waals surface area contributed by atoms with Crippen LogP contribution < -0.4 is 20.9 Å². The SMILES string of the molecule is Cc1nnc(C(=O)NNC(=O)N[C@H](C)c2ncc(-c3cc(Cl)cc(Cl)c3OCC(F)F)cc2F)o1. The summed E-state index contributed by atoms with van der Waals surface area (Å²) in [7, 11) is 0. The van der Waals surface area contributed by atoms with Crippen LogP contribution in [0.1, 0.15) is 35.2 Å². The molecule has 1 aromatic carbocycles. The minimum Gasteiger partial charge on any atom is -0.485 e. The van der Waals surface area contributed by atoms with Crippen molar-refractivity contribution in [2.24, 2.45) is 0 Å². The third-order valence-corrected chi connectivity index (χ3v) is 4.81. The van der Waals surface area contributed by atoms with E-state index in [9.17, 15) is 22.8 Å². The zero-order valence-corrected chi connectivity index (χ0v) is 19.5. The Hall–Kier alpha value is -3.58. The van der Waals surface area contributed by atoms with Crippen molar-refractivity contribution in [3.05, 3.63) is 57.7 Å². The number of halogens is 5. The number of nitrogens with one attached hydrogen (secondary N) is 3. The van der Waals surface area contributed by atoms with Crippen LogP contribution >= 0.6 is 23.2 Å². The topological polar surface area (TPSA) is 131 Å². The second-order valence-corrected chi connectivity index (χ2v) is 7.80. The van der Waals surface area contributed by atoms with E-state index in [1.165, 1.54) is 32.2 Å². The average molecular weight is 533 g/mol. The molecule has 3 N–H and O–H groups in total. The number of rotatable bonds is 7. The highest BCUT2D eigenvalue weighted by atomic mass is 35.5. The molecule has 2 heterocycles. The van der Waals surface area contributed by atoms with Gasteiger partial charge in [-0.25, -0.2) is 23.4 Å². The van der Waals surface area contributed by atoms with Gasteiger partial charge in [-0.05, 0) is 25.1 Å². The van der Waals surface area contributed by atoms with Gasteiger partial charge in [-0.1, -0.05) is 23.2 Å². The normalized spacial score (nSPS) is 11.8. The molecule has 0 spiro atoms. The van der Waals surface area contributed by atoms with E-state index < -0.39 is 36.8 Å². The lowest BCUT2D eigenvalue weighted by molar-refractivity contribution is 0.0822. The number of aryl methyl sites for hydroxylation is 1. The third-order valence-electron chi connectivity index (χ3n) is 4.31. The summed E-state index contributed by atoms with van der Waals surface area (Å²) in [6.07, 6.45) is -1.52. The maximum atomic E-state index is 14.9. The van der Waals surface area contributed by atoms with Crippen LogP contribution in [0.25, 0.3) is 11.1 Å². The summed E-state index contributed by atoms with van der Waals surface area (Å²) < 4.78 is 50.1. The molecule has 186 valence electrons. The number of benzene rings is 1. The lowest BCUT2D eigenvalue weighted by Gasteiger charge is -2.17. The van der Waals surface area contributed by atoms with Gasteiger partial charge in [-0.3, -0.25) is 15.2 Å². The number of hydrazine groups is 1. The van der Waals surface area contributed by atoms with Crippen LogP contribution in [0.15, 0.2) is 28.8 Å². The molecule has 0 aliphatic carbocycles. The number of pyridine rings is 1. The van der Waals surface area contributed by atoms with E-state index >= 15 is 0 Å². The highest BCUT2D eigenvalue weighted by molar-refractivity contribution is 6.36. The summed E-state index contributed by atoms with van der Waals surface area (Å²) in [6.45, 7) is 2.00. The van der Waals surface area contributed by atoms with Crippen molar-refractivity contribution < 1.29 is 31.9 Å². The van der Waals surface area contributed by atoms with Gasteiger partial charge in [-0.2, -0.15) is 0 Å². The minimum absolute atomic E-state index is 0.0397. The summed E-state index contributed by atoms with van der Waals surface area (Å²) in [6, 6.07) is 1.91. The van der Waals surface area contributed by atoms with E-state index in [4.69, 9.17) is 32.4 Å². The molecular weight excluding hydrogens is 516 g/mol. The van der Waals surface area contributed by atoms with Crippen LogP contribution in [0.5, 0.6) is 5.75 Å². The van der Waals surface area contributed by atoms with Gasteiger partial charge in [0.15, 0.2) is 0 Å². The van der Waals surface area contributed by atoms with E-state index in [0.717, 1.165) is 6.07 Å². The zero-order valence-electron chi connectivity index (χ0n) is 18.0. The molecule has 0 saturated heterocycles. The van der Waals surface area contributed by atoms with E-state index in [1.54, 1.807) is 0 Å². The van der Waals surface area contributed by atoms with Crippen LogP contribution in [0.4, 0.5) is 18.0 Å². The molecule has 0 fully saturated rings. The number of ether oxygens (including phenoxy) is 1. The molecule has 3 amide bonds. The first-order valence-electron chi connectivity index (χ1n) is 9.78. The van der Waals surface area contributed by atoms with Crippen molar-refractivity contribution >= 4 is 35.1 Å². The fourth-order valence-corrected chi connectivity index (χ4v) is 3.39. The van der Waals surface area contributed by atoms with Gasteiger partial charge in [0.25, 0.3) is 6.43 Å². The summed E-state index contributed by atoms with van der Waals surface area (Å²) in [4.78, 5) is 27.9. The number of carbonyl (C=O) groups is 2. The van der Waals surface area contributed by atoms with Gasteiger partial charge in [0, 0.05) is 29.3 Å². The van der Waals surface area contributed by atoms with Crippen molar-refractivity contribution in [3.8, 4) is 16.9 Å². The first-order chi connectivity index (χ1) is 16.5. The Labute approximate surface area is 206 Å². The van der Waals surface area contributed by atoms with Gasteiger partial charge in [0.05, 0.1) is 16.8 Å². The molecule has 0 bridgehead atoms. The number of hydrogen-bond donors (Lipinski definition) is 3. The molecule has 0 radical (unpaired) electrons. The zero-order chi connectivity index (χ0) is 25.7. The number of nitrogens with zero attached hydrogens (tertiary/aromatic N) is 3. The first kappa shape index (κ1) is 26.0. The van der Waals surface area contributed by atoms with Gasteiger partial charge in [0.2, 0.25) is 5.89 Å². The number of carbonyl (C=O) groups excluding carboxylic acids is 2. The van der Waals surface area contributed by atoms with Crippen LogP contribution in [0.2, 0.25) is 10.0 Å². The Morgan fingerprint density at radius 3 is 2.54 bits per heavy atom. The highest BCUT2D eigenvalue weighted by Crippen LogP contribution is 2.39. The molecule has 2 aromatic heterocycles. The summed E-state index contributed by atoms with van der Waals surface area (Å²) in [5.41, 5.74) is 4.26. The van der Waals surface area contributed by atoms with Crippen molar-refractivity contribution in [1.29, 1.82) is 0 Å². The Bertz CT molecular complexity index is 1240. The van der Waals surface area contributed by atoms with E-state index in [2.05, 4.69) is 25.9 Å². The van der Waals surface area contributed by atoms with Crippen LogP contribution in [0.3, 0.4) is 0 Å². The number of urea groups is 1. The maximum absolute atomic E-state index is 14.9. The van der Waals surface area contributed by atoms with Crippen molar-refractivity contribution in [2.45, 2.75) is 26.3 Å². The quantitative estimate of drug-likeness (QED) is 0.388. The molecule has 15 heteroatoms. The van der Waals surface area contributed by atoms with Crippen molar-refractivity contribution in [3.63, 3.8) is 0 Å². The molecule has 0 aliphatic rings. The van der Waals surface area contributed by atoms with Crippen molar-refractivity contribution in [1.82, 2.24) is 31.3 Å². The molecule has 35 heavy (non-hydrogen) atoms. The smallest absolute Gasteiger partial charge is 0.334 e. The molecule has 0 aliphatic heterocycles. The molecule has 3 aromatic rings. The van der Waals surface area contributed by atoms with E-state index in [-0.39, 0.29) is 44.4 Å². The third kappa shape index (κ3) is 6.73. The Kier molecular flexibility index (Phi) is 8.35. The van der Waals surface area contributed by atoms with E-state index in [1.807, 2.05) is 5.43 Å². The molecule has 3 rings (SSSR count). The standard InChI is InChI=1S/C20H17Cl2F3N6O4/c1-8(27-20(33)31-29-18(32)19-30-28-9(2)35-19)16-14(23)3-10(6-26-16)12-4-11(21)5-13(22)17(12)34-7-15(24)25/h3-6,8,15H,7H2,1-2H3,(H,29,32)(H2,27,31,33)/t8-/m1/s1. The Morgan fingerprint density at radius 1 is 1.17 bits per heavy atom. The average Bonchev–Trinajstić information content (AvgIpc) is 3.22. The monoisotopic (exact) mass is 532 g/mol. The summed E-state index contributed by atoms with van der Waals surface area (Å²) in [5, 5.41) is 9.49. The second-order valence-electron chi connectivity index (χ2n) is 6.96. The molecule has 1 atom stereocenters. The molecule has 0 saturated carbocycles. The lowest BCUT2D eigenvalue weighted by Crippen LogP contribution is -2.47. The largest absolute Gasteiger partial charge is 0.485 e. The summed E-state index contributed by atoms with van der Waals surface area (Å²) in [5.74, 6) is -1.99. The highest BCUT2D eigenvalue weighted by Gasteiger charge is 2.20. The minimum atomic E-state index is -2.76. The summed E-state index contributed by atoms with van der Waals surface area (Å²) >= 11 is 12.1. The first-order valence-corrected chi connectivity index (χ1v) is 10.5. The van der Waals surface area contributed by atoms with Crippen LogP contribution in [-0.4, -0.2) is 40.2 Å². The fourth-order valence-electron chi connectivity index (χ4n) is 2.84. The predicted octanol–water partition coefficient (Wildman–Crippen LogP) is 4.24. The Balaban J connectivity index is 1.71. The second kappa shape index (κ2) is 11.2. The number of aromatic nitrogens is 3. The van der Waals surface area contributed by atoms with E-state index in [0.29, 0.717) is 0 Å². The Morgan fingerprint density at radius 2 is 1.91 bits per heavy atom. The van der Waals surface area contributed by atoms with Gasteiger partial charge < -0.3 is 14.5 Å². The number of alkyl halides is 2. The predicted molar refractivity (Wildman–Crippen MR) is 118 cm³/mol. The van der Waals surface area contributed by atoms with Crippen LogP contribution in [-0.2, 0) is 0 Å². The number of amides is 3. The molecular formula is C20H17Cl2F3N6O4. The van der Waals surface area contributed by atoms with Crippen molar-refractivity contribution in [2.75, 3.05) is 6.61 Å². The lowest BCUT2D eigenvalue weighted by atomic mass is 10.0. The van der Waals surface area contributed by atoms with Gasteiger partial charge in [-0.15, -0.1) is 10.2 Å². The fraction of sp³-hybridized carbons (Fsp3) is 0.250. The molecule has 10 nitrogen and oxygen atoms in total. The maximum Gasteiger partial charge on any atom is 0.334 e.